The van der Waals surface area contributed by atoms with Crippen LogP contribution >= 0.6 is 0 Å². The average molecular weight is 560 g/mol. The molecule has 2 aliphatic rings. The zero-order chi connectivity index (χ0) is 26.9. The summed E-state index contributed by atoms with van der Waals surface area (Å²) in [6, 6.07) is -3.78. The quantitative estimate of drug-likeness (QED) is 0.105. The standard InChI is InChI=1S/C18H35N3O12.Co.O/c19-6(12(26)7(25)1-2-22)5-30-15-8(3-23)32-18(11(21)14(15)28)33-16-9(4-24)31-17(29)10(20)13(16)27;;/h1,5-18,22-29H,2-4,19-21H2;;/q-2;;/t6-,7+,8+,9+,10+,11+,12+,13+,14+,15?,16?,17+,18-;;/m0../s1. The van der Waals surface area contributed by atoms with E-state index in [-0.39, 0.29) is 0 Å². The molecule has 2 saturated heterocycles. The molecule has 0 spiro atoms. The van der Waals surface area contributed by atoms with Gasteiger partial charge < -0.3 is 77.0 Å². The Morgan fingerprint density at radius 2 is 1.46 bits per heavy atom. The molecule has 2 rings (SSSR count). The van der Waals surface area contributed by atoms with Crippen LogP contribution in [0.5, 0.6) is 0 Å². The van der Waals surface area contributed by atoms with Crippen LogP contribution in [0.3, 0.4) is 0 Å². The van der Waals surface area contributed by atoms with Crippen LogP contribution in [-0.2, 0) is 38.5 Å². The first kappa shape index (κ1) is 32.7. The molecule has 2 fully saturated rings. The van der Waals surface area contributed by atoms with Crippen LogP contribution in [0, 0.1) is 13.0 Å². The molecule has 0 aromatic carbocycles. The predicted octanol–water partition coefficient (Wildman–Crippen LogP) is -7.15. The SMILES string of the molecule is N[C@H]1[C@H](OC2[C@@H](CO)O[C@@H](O)[C@H](N)[C@H]2O)O[C@H](CO)C(O[CH-][C@H](N)[C@@H](O)[C@H](O)[CH-]CO)[C@@H]1O.[O]=[Co]. The van der Waals surface area contributed by atoms with Crippen molar-refractivity contribution < 1.29 is 79.3 Å². The Morgan fingerprint density at radius 3 is 2.00 bits per heavy atom. The van der Waals surface area contributed by atoms with Crippen LogP contribution in [0.2, 0.25) is 0 Å². The van der Waals surface area contributed by atoms with Crippen molar-refractivity contribution in [3.8, 4) is 0 Å². The van der Waals surface area contributed by atoms with E-state index in [0.717, 1.165) is 13.0 Å². The van der Waals surface area contributed by atoms with Crippen molar-refractivity contribution in [2.45, 2.75) is 79.5 Å². The van der Waals surface area contributed by atoms with Crippen LogP contribution in [0.1, 0.15) is 0 Å². The monoisotopic (exact) mass is 560 g/mol. The summed E-state index contributed by atoms with van der Waals surface area (Å²) in [6.07, 6.45) is -12.8. The van der Waals surface area contributed by atoms with Gasteiger partial charge in [-0.3, -0.25) is 6.42 Å². The van der Waals surface area contributed by atoms with Gasteiger partial charge in [0.25, 0.3) is 0 Å². The van der Waals surface area contributed by atoms with Crippen molar-refractivity contribution in [1.82, 2.24) is 0 Å². The molecule has 0 amide bonds. The molecule has 0 radical (unpaired) electrons. The van der Waals surface area contributed by atoms with E-state index in [0.29, 0.717) is 0 Å². The molecule has 0 aromatic heterocycles. The molecule has 2 aliphatic heterocycles. The normalized spacial score (nSPS) is 40.3. The van der Waals surface area contributed by atoms with Gasteiger partial charge >= 0.3 is 19.5 Å². The Kier molecular flexibility index (Phi) is 14.8. The molecule has 35 heavy (non-hydrogen) atoms. The Labute approximate surface area is 209 Å². The van der Waals surface area contributed by atoms with Crippen LogP contribution in [0.15, 0.2) is 0 Å². The van der Waals surface area contributed by atoms with Gasteiger partial charge in [-0.25, -0.2) is 0 Å². The van der Waals surface area contributed by atoms with Crippen molar-refractivity contribution in [1.29, 1.82) is 0 Å². The van der Waals surface area contributed by atoms with Crippen LogP contribution in [0.25, 0.3) is 0 Å². The summed E-state index contributed by atoms with van der Waals surface area (Å²) in [5.74, 6) is 0. The number of aliphatic hydroxyl groups is 8. The number of hydrogen-bond acceptors (Lipinski definition) is 16. The summed E-state index contributed by atoms with van der Waals surface area (Å²) in [7, 11) is 0. The van der Waals surface area contributed by atoms with Crippen LogP contribution in [0.4, 0.5) is 0 Å². The molecule has 16 nitrogen and oxygen atoms in total. The zero-order valence-corrected chi connectivity index (χ0v) is 19.5. The molecule has 211 valence electrons. The molecular formula is C18H35CoN3O13-2. The number of hydrogen-bond donors (Lipinski definition) is 11. The summed E-state index contributed by atoms with van der Waals surface area (Å²) in [5.41, 5.74) is 17.4. The van der Waals surface area contributed by atoms with Gasteiger partial charge in [-0.05, 0) is 6.10 Å². The second-order valence-corrected chi connectivity index (χ2v) is 7.92. The fourth-order valence-electron chi connectivity index (χ4n) is 3.54. The molecule has 0 saturated carbocycles. The van der Waals surface area contributed by atoms with Crippen molar-refractivity contribution in [2.75, 3.05) is 19.8 Å². The molecule has 14 N–H and O–H groups in total. The molecule has 0 aromatic rings. The number of nitrogens with two attached hydrogens (primary N) is 3. The van der Waals surface area contributed by atoms with Gasteiger partial charge in [-0.2, -0.15) is 6.61 Å². The Morgan fingerprint density at radius 1 is 0.914 bits per heavy atom. The molecule has 13 atom stereocenters. The second kappa shape index (κ2) is 15.8. The summed E-state index contributed by atoms with van der Waals surface area (Å²) in [6.45, 7) is -0.870. The molecule has 0 bridgehead atoms. The maximum atomic E-state index is 10.6. The van der Waals surface area contributed by atoms with Crippen LogP contribution in [-0.4, -0.2) is 140 Å². The van der Waals surface area contributed by atoms with E-state index < -0.39 is 99.4 Å². The predicted molar refractivity (Wildman–Crippen MR) is 108 cm³/mol. The summed E-state index contributed by atoms with van der Waals surface area (Å²) in [4.78, 5) is 0. The van der Waals surface area contributed by atoms with E-state index in [2.05, 4.69) is 15.7 Å². The topological polar surface area (TPSA) is 294 Å². The Bertz CT molecular complexity index is 598. The van der Waals surface area contributed by atoms with Gasteiger partial charge in [0.1, 0.15) is 24.4 Å². The first-order valence-corrected chi connectivity index (χ1v) is 10.9. The Balaban J connectivity index is 0.00000298. The fraction of sp³-hybridized carbons (Fsp3) is 0.889. The van der Waals surface area contributed by atoms with Crippen molar-refractivity contribution in [2.24, 2.45) is 17.2 Å². The van der Waals surface area contributed by atoms with E-state index in [4.69, 9.17) is 45.1 Å². The summed E-state index contributed by atoms with van der Waals surface area (Å²) < 4.78 is 29.6. The summed E-state index contributed by atoms with van der Waals surface area (Å²) >= 11 is 2.31. The first-order chi connectivity index (χ1) is 16.6. The van der Waals surface area contributed by atoms with Crippen molar-refractivity contribution in [3.63, 3.8) is 0 Å². The van der Waals surface area contributed by atoms with Gasteiger partial charge in [0.2, 0.25) is 0 Å². The number of aliphatic hydroxyl groups excluding tert-OH is 8. The number of ether oxygens (including phenoxy) is 4. The first-order valence-electron chi connectivity index (χ1n) is 10.5. The number of rotatable bonds is 11. The molecule has 0 aliphatic carbocycles. The van der Waals surface area contributed by atoms with E-state index in [9.17, 15) is 35.7 Å². The van der Waals surface area contributed by atoms with E-state index in [1.165, 1.54) is 0 Å². The van der Waals surface area contributed by atoms with Crippen LogP contribution < -0.4 is 17.2 Å². The second-order valence-electron chi connectivity index (χ2n) is 7.92. The Hall–Kier alpha value is -0.294. The fourth-order valence-corrected chi connectivity index (χ4v) is 3.54. The minimum atomic E-state index is -1.55. The molecule has 17 heteroatoms. The molecule has 2 unspecified atom stereocenters. The van der Waals surface area contributed by atoms with Gasteiger partial charge in [0.15, 0.2) is 12.6 Å². The molecular weight excluding hydrogens is 525 g/mol. The third kappa shape index (κ3) is 8.35. The van der Waals surface area contributed by atoms with Gasteiger partial charge in [-0.1, -0.05) is 12.6 Å². The third-order valence-electron chi connectivity index (χ3n) is 5.60. The van der Waals surface area contributed by atoms with Gasteiger partial charge in [0, 0.05) is 6.10 Å². The zero-order valence-electron chi connectivity index (χ0n) is 18.5. The van der Waals surface area contributed by atoms with Crippen molar-refractivity contribution >= 4 is 0 Å². The van der Waals surface area contributed by atoms with Gasteiger partial charge in [-0.15, -0.1) is 0 Å². The molecule has 2 heterocycles. The van der Waals surface area contributed by atoms with Gasteiger partial charge in [0.05, 0.1) is 37.5 Å². The minimum absolute atomic E-state index is 0.494. The third-order valence-corrected chi connectivity index (χ3v) is 5.60. The summed E-state index contributed by atoms with van der Waals surface area (Å²) in [5, 5.41) is 78.2. The van der Waals surface area contributed by atoms with E-state index >= 15 is 0 Å². The van der Waals surface area contributed by atoms with E-state index in [1.807, 2.05) is 0 Å². The van der Waals surface area contributed by atoms with Crippen molar-refractivity contribution in [3.05, 3.63) is 13.0 Å². The maximum absolute atomic E-state index is 10.6. The average Bonchev–Trinajstić information content (AvgIpc) is 2.86. The van der Waals surface area contributed by atoms with E-state index in [1.54, 1.807) is 0 Å².